The summed E-state index contributed by atoms with van der Waals surface area (Å²) in [6.45, 7) is 0.750. The average molecular weight is 374 g/mol. The van der Waals surface area contributed by atoms with Crippen LogP contribution in [0.1, 0.15) is 5.56 Å². The van der Waals surface area contributed by atoms with Crippen LogP contribution in [-0.4, -0.2) is 51.0 Å². The molecule has 0 spiro atoms. The minimum atomic E-state index is -0.306. The molecule has 0 aliphatic heterocycles. The summed E-state index contributed by atoms with van der Waals surface area (Å²) in [5.41, 5.74) is 1.52. The Kier molecular flexibility index (Phi) is 7.31. The van der Waals surface area contributed by atoms with Gasteiger partial charge in [-0.1, -0.05) is 12.1 Å². The summed E-state index contributed by atoms with van der Waals surface area (Å²) in [7, 11) is 5.06. The quantitative estimate of drug-likeness (QED) is 0.723. The molecule has 0 aliphatic carbocycles. The summed E-state index contributed by atoms with van der Waals surface area (Å²) in [6, 6.07) is 13.1. The molecule has 0 radical (unpaired) electrons. The molecule has 2 N–H and O–H groups in total. The Bertz CT molecular complexity index is 763. The lowest BCUT2D eigenvalue weighted by molar-refractivity contribution is -0.862. The molecule has 2 amide bonds. The third-order valence-electron chi connectivity index (χ3n) is 4.05. The van der Waals surface area contributed by atoms with E-state index in [1.165, 1.54) is 12.1 Å². The Hall–Kier alpha value is -2.93. The van der Waals surface area contributed by atoms with E-state index in [-0.39, 0.29) is 30.7 Å². The van der Waals surface area contributed by atoms with Crippen molar-refractivity contribution >= 4 is 17.5 Å². The number of methoxy groups -OCH3 is 1. The number of hydrogen-bond donors (Lipinski definition) is 2. The van der Waals surface area contributed by atoms with Crippen molar-refractivity contribution in [3.05, 3.63) is 59.9 Å². The number of nitrogens with zero attached hydrogens (tertiary/aromatic N) is 1. The number of benzene rings is 2. The van der Waals surface area contributed by atoms with Gasteiger partial charge in [0.25, 0.3) is 11.8 Å². The van der Waals surface area contributed by atoms with E-state index < -0.39 is 0 Å². The van der Waals surface area contributed by atoms with E-state index in [1.807, 2.05) is 0 Å². The van der Waals surface area contributed by atoms with Crippen LogP contribution in [0.3, 0.4) is 0 Å². The van der Waals surface area contributed by atoms with Crippen LogP contribution in [-0.2, 0) is 16.1 Å². The molecule has 144 valence electrons. The van der Waals surface area contributed by atoms with Crippen LogP contribution in [0.4, 0.5) is 10.1 Å². The van der Waals surface area contributed by atoms with Gasteiger partial charge in [0.15, 0.2) is 13.1 Å². The van der Waals surface area contributed by atoms with Gasteiger partial charge in [-0.05, 0) is 42.0 Å². The topological polar surface area (TPSA) is 63.1 Å². The summed E-state index contributed by atoms with van der Waals surface area (Å²) in [5, 5.41) is 2.80. The number of carbonyl (C=O) groups excluding carboxylic acids is 2. The van der Waals surface area contributed by atoms with Gasteiger partial charge in [-0.15, -0.1) is 0 Å². The van der Waals surface area contributed by atoms with Crippen LogP contribution in [0.15, 0.2) is 48.5 Å². The van der Waals surface area contributed by atoms with E-state index in [0.29, 0.717) is 18.0 Å². The van der Waals surface area contributed by atoms with Gasteiger partial charge in [0, 0.05) is 19.3 Å². The number of hydrogen-bond acceptors (Lipinski definition) is 3. The second-order valence-electron chi connectivity index (χ2n) is 6.46. The van der Waals surface area contributed by atoms with Gasteiger partial charge in [0.1, 0.15) is 11.6 Å². The number of halogens is 1. The second-order valence-corrected chi connectivity index (χ2v) is 6.46. The highest BCUT2D eigenvalue weighted by molar-refractivity contribution is 5.91. The minimum absolute atomic E-state index is 0.0888. The fourth-order valence-corrected chi connectivity index (χ4v) is 2.56. The van der Waals surface area contributed by atoms with Gasteiger partial charge in [0.05, 0.1) is 14.2 Å². The highest BCUT2D eigenvalue weighted by Gasteiger charge is 2.17. The lowest BCUT2D eigenvalue weighted by Gasteiger charge is -2.20. The highest BCUT2D eigenvalue weighted by atomic mass is 19.1. The number of nitrogens with one attached hydrogen (secondary N) is 2. The summed E-state index contributed by atoms with van der Waals surface area (Å²) in [6.07, 6.45) is 0. The van der Waals surface area contributed by atoms with Crippen LogP contribution >= 0.6 is 0 Å². The van der Waals surface area contributed by atoms with Crippen molar-refractivity contribution in [1.82, 2.24) is 4.90 Å². The van der Waals surface area contributed by atoms with Crippen molar-refractivity contribution < 1.29 is 23.6 Å². The van der Waals surface area contributed by atoms with Gasteiger partial charge in [-0.2, -0.15) is 0 Å². The number of amides is 2. The first-order valence-corrected chi connectivity index (χ1v) is 8.61. The van der Waals surface area contributed by atoms with Gasteiger partial charge >= 0.3 is 0 Å². The zero-order valence-electron chi connectivity index (χ0n) is 15.8. The Balaban J connectivity index is 1.78. The molecular weight excluding hydrogens is 349 g/mol. The molecular formula is C20H25FN3O3+. The van der Waals surface area contributed by atoms with Gasteiger partial charge in [-0.3, -0.25) is 9.59 Å². The Morgan fingerprint density at radius 3 is 2.30 bits per heavy atom. The Morgan fingerprint density at radius 2 is 1.70 bits per heavy atom. The van der Waals surface area contributed by atoms with Crippen molar-refractivity contribution in [2.24, 2.45) is 0 Å². The molecule has 0 fully saturated rings. The molecule has 1 atom stereocenters. The molecule has 2 aromatic carbocycles. The van der Waals surface area contributed by atoms with E-state index in [0.717, 1.165) is 10.5 Å². The maximum absolute atomic E-state index is 12.9. The van der Waals surface area contributed by atoms with Crippen LogP contribution in [0.25, 0.3) is 0 Å². The lowest BCUT2D eigenvalue weighted by atomic mass is 10.2. The first kappa shape index (κ1) is 20.4. The van der Waals surface area contributed by atoms with Crippen molar-refractivity contribution in [2.45, 2.75) is 6.54 Å². The zero-order valence-corrected chi connectivity index (χ0v) is 15.8. The van der Waals surface area contributed by atoms with Gasteiger partial charge in [-0.25, -0.2) is 4.39 Å². The molecule has 27 heavy (non-hydrogen) atoms. The van der Waals surface area contributed by atoms with Crippen LogP contribution in [0.2, 0.25) is 0 Å². The lowest BCUT2D eigenvalue weighted by Crippen LogP contribution is -3.11. The third kappa shape index (κ3) is 6.71. The monoisotopic (exact) mass is 374 g/mol. The van der Waals surface area contributed by atoms with Crippen molar-refractivity contribution in [3.8, 4) is 5.75 Å². The zero-order chi connectivity index (χ0) is 19.8. The van der Waals surface area contributed by atoms with Crippen molar-refractivity contribution in [1.29, 1.82) is 0 Å². The molecule has 6 nitrogen and oxygen atoms in total. The molecule has 0 aliphatic rings. The molecule has 2 aromatic rings. The summed E-state index contributed by atoms with van der Waals surface area (Å²) < 4.78 is 18.0. The maximum atomic E-state index is 12.9. The summed E-state index contributed by atoms with van der Waals surface area (Å²) >= 11 is 0. The van der Waals surface area contributed by atoms with E-state index in [4.69, 9.17) is 4.74 Å². The first-order chi connectivity index (χ1) is 12.9. The molecule has 0 saturated heterocycles. The Morgan fingerprint density at radius 1 is 1.07 bits per heavy atom. The molecule has 0 aromatic heterocycles. The van der Waals surface area contributed by atoms with E-state index in [2.05, 4.69) is 5.32 Å². The minimum Gasteiger partial charge on any atom is -0.497 e. The standard InChI is InChI=1S/C20H24FN3O3/c1-23(13-19(25)22-17-8-10-18(27-3)11-9-17)14-20(26)24(2)12-15-4-6-16(21)7-5-15/h4-11H,12-14H2,1-3H3,(H,22,25)/p+1. The molecule has 7 heteroatoms. The smallest absolute Gasteiger partial charge is 0.279 e. The predicted octanol–water partition coefficient (Wildman–Crippen LogP) is 0.946. The fourth-order valence-electron chi connectivity index (χ4n) is 2.56. The third-order valence-corrected chi connectivity index (χ3v) is 4.05. The number of rotatable bonds is 8. The first-order valence-electron chi connectivity index (χ1n) is 8.61. The van der Waals surface area contributed by atoms with Crippen molar-refractivity contribution in [2.75, 3.05) is 39.6 Å². The largest absolute Gasteiger partial charge is 0.497 e. The molecule has 0 saturated carbocycles. The number of carbonyl (C=O) groups is 2. The van der Waals surface area contributed by atoms with E-state index in [1.54, 1.807) is 62.5 Å². The number of ether oxygens (including phenoxy) is 1. The van der Waals surface area contributed by atoms with Crippen LogP contribution in [0, 0.1) is 5.82 Å². The van der Waals surface area contributed by atoms with Gasteiger partial charge < -0.3 is 19.9 Å². The Labute approximate surface area is 158 Å². The second kappa shape index (κ2) is 9.68. The SMILES string of the molecule is COc1ccc(NC(=O)C[NH+](C)CC(=O)N(C)Cc2ccc(F)cc2)cc1. The molecule has 0 heterocycles. The number of likely N-dealkylation sites (N-methyl/N-ethyl adjacent to an activating group) is 2. The highest BCUT2D eigenvalue weighted by Crippen LogP contribution is 2.14. The number of quaternary nitrogens is 1. The number of anilines is 1. The van der Waals surface area contributed by atoms with Crippen LogP contribution in [0.5, 0.6) is 5.75 Å². The van der Waals surface area contributed by atoms with Gasteiger partial charge in [0.2, 0.25) is 0 Å². The normalized spacial score (nSPS) is 11.6. The van der Waals surface area contributed by atoms with Crippen LogP contribution < -0.4 is 15.0 Å². The summed E-state index contributed by atoms with van der Waals surface area (Å²) in [5.74, 6) is 0.144. The molecule has 2 rings (SSSR count). The van der Waals surface area contributed by atoms with E-state index >= 15 is 0 Å². The fraction of sp³-hybridized carbons (Fsp3) is 0.300. The average Bonchev–Trinajstić information content (AvgIpc) is 2.63. The van der Waals surface area contributed by atoms with Crippen molar-refractivity contribution in [3.63, 3.8) is 0 Å². The van der Waals surface area contributed by atoms with E-state index in [9.17, 15) is 14.0 Å². The summed E-state index contributed by atoms with van der Waals surface area (Å²) in [4.78, 5) is 26.8. The predicted molar refractivity (Wildman–Crippen MR) is 101 cm³/mol. The maximum Gasteiger partial charge on any atom is 0.279 e. The molecule has 1 unspecified atom stereocenters. The molecule has 0 bridgehead atoms.